The predicted molar refractivity (Wildman–Crippen MR) is 110 cm³/mol. The number of carbonyl (C=O) groups excluding carboxylic acids is 1. The van der Waals surface area contributed by atoms with Crippen LogP contribution >= 0.6 is 0 Å². The second-order valence-electron chi connectivity index (χ2n) is 7.78. The van der Waals surface area contributed by atoms with Crippen molar-refractivity contribution in [3.63, 3.8) is 0 Å². The molecule has 0 bridgehead atoms. The van der Waals surface area contributed by atoms with E-state index in [-0.39, 0.29) is 40.8 Å². The highest BCUT2D eigenvalue weighted by Gasteiger charge is 2.26. The Hall–Kier alpha value is -3.09. The number of carbonyl (C=O) groups is 1. The molecule has 0 aliphatic heterocycles. The fourth-order valence-corrected chi connectivity index (χ4v) is 4.08. The third kappa shape index (κ3) is 4.40. The molecule has 0 N–H and O–H groups in total. The van der Waals surface area contributed by atoms with E-state index in [0.29, 0.717) is 6.54 Å². The van der Waals surface area contributed by atoms with Crippen molar-refractivity contribution in [2.24, 2.45) is 0 Å². The van der Waals surface area contributed by atoms with Crippen molar-refractivity contribution < 1.29 is 13.6 Å². The molecule has 4 rings (SSSR count). The highest BCUT2D eigenvalue weighted by atomic mass is 19.1. The number of halogens is 2. The van der Waals surface area contributed by atoms with Crippen LogP contribution in [0.3, 0.4) is 0 Å². The van der Waals surface area contributed by atoms with Gasteiger partial charge in [0.05, 0.1) is 17.2 Å². The molecule has 0 saturated heterocycles. The number of nitrogens with zero attached hydrogens (tertiary/aromatic N) is 3. The summed E-state index contributed by atoms with van der Waals surface area (Å²) in [6, 6.07) is 10.0. The number of hydrogen-bond donors (Lipinski definition) is 0. The van der Waals surface area contributed by atoms with Crippen molar-refractivity contribution in [2.75, 3.05) is 0 Å². The van der Waals surface area contributed by atoms with Gasteiger partial charge in [0.1, 0.15) is 18.2 Å². The van der Waals surface area contributed by atoms with Gasteiger partial charge in [0.25, 0.3) is 5.56 Å². The van der Waals surface area contributed by atoms with Gasteiger partial charge in [0.15, 0.2) is 0 Å². The van der Waals surface area contributed by atoms with E-state index >= 15 is 0 Å². The fraction of sp³-hybridized carbons (Fsp3) is 0.348. The summed E-state index contributed by atoms with van der Waals surface area (Å²) in [5.41, 5.74) is 0.729. The maximum absolute atomic E-state index is 13.4. The Kier molecular flexibility index (Phi) is 5.88. The predicted octanol–water partition coefficient (Wildman–Crippen LogP) is 4.04. The molecule has 1 amide bonds. The molecular formula is C23H23F2N3O2. The Labute approximate surface area is 173 Å². The van der Waals surface area contributed by atoms with Crippen molar-refractivity contribution in [1.29, 1.82) is 0 Å². The zero-order valence-electron chi connectivity index (χ0n) is 16.6. The van der Waals surface area contributed by atoms with Crippen LogP contribution in [0.1, 0.15) is 37.7 Å². The number of benzene rings is 2. The standard InChI is InChI=1S/C23H23F2N3O2/c24-17-8-6-16(7-9-17)13-28(19-4-2-1-3-5-19)22(29)14-27-15-26-21-12-18(25)10-11-20(21)23(27)30/h6-12,15,19H,1-5,13-14H2. The van der Waals surface area contributed by atoms with Crippen LogP contribution in [0.2, 0.25) is 0 Å². The zero-order valence-corrected chi connectivity index (χ0v) is 16.6. The smallest absolute Gasteiger partial charge is 0.261 e. The van der Waals surface area contributed by atoms with Crippen molar-refractivity contribution in [2.45, 2.75) is 51.2 Å². The maximum atomic E-state index is 13.4. The van der Waals surface area contributed by atoms with E-state index in [1.807, 2.05) is 0 Å². The molecular weight excluding hydrogens is 388 g/mol. The van der Waals surface area contributed by atoms with E-state index in [2.05, 4.69) is 4.98 Å². The van der Waals surface area contributed by atoms with Gasteiger partial charge in [0, 0.05) is 18.7 Å². The summed E-state index contributed by atoms with van der Waals surface area (Å²) in [7, 11) is 0. The largest absolute Gasteiger partial charge is 0.334 e. The molecule has 1 aliphatic rings. The number of fused-ring (bicyclic) bond motifs is 1. The second kappa shape index (κ2) is 8.73. The van der Waals surface area contributed by atoms with Crippen LogP contribution in [-0.4, -0.2) is 26.4 Å². The molecule has 2 aromatic carbocycles. The molecule has 1 aliphatic carbocycles. The summed E-state index contributed by atoms with van der Waals surface area (Å²) < 4.78 is 27.9. The normalized spacial score (nSPS) is 14.7. The summed E-state index contributed by atoms with van der Waals surface area (Å²) in [5, 5.41) is 0.273. The van der Waals surface area contributed by atoms with Crippen LogP contribution in [0.25, 0.3) is 10.9 Å². The van der Waals surface area contributed by atoms with Crippen LogP contribution in [0, 0.1) is 11.6 Å². The van der Waals surface area contributed by atoms with Gasteiger partial charge in [-0.15, -0.1) is 0 Å². The Balaban J connectivity index is 1.60. The lowest BCUT2D eigenvalue weighted by atomic mass is 9.93. The lowest BCUT2D eigenvalue weighted by molar-refractivity contribution is -0.135. The van der Waals surface area contributed by atoms with Gasteiger partial charge in [-0.1, -0.05) is 31.4 Å². The molecule has 1 aromatic heterocycles. The summed E-state index contributed by atoms with van der Waals surface area (Å²) in [5.74, 6) is -0.970. The molecule has 0 unspecified atom stereocenters. The van der Waals surface area contributed by atoms with Gasteiger partial charge in [0.2, 0.25) is 5.91 Å². The average Bonchev–Trinajstić information content (AvgIpc) is 2.76. The van der Waals surface area contributed by atoms with Crippen molar-refractivity contribution >= 4 is 16.8 Å². The highest BCUT2D eigenvalue weighted by Crippen LogP contribution is 2.24. The minimum absolute atomic E-state index is 0.0921. The van der Waals surface area contributed by atoms with E-state index in [9.17, 15) is 18.4 Å². The molecule has 156 valence electrons. The number of hydrogen-bond acceptors (Lipinski definition) is 3. The molecule has 1 fully saturated rings. The molecule has 0 radical (unpaired) electrons. The maximum Gasteiger partial charge on any atom is 0.261 e. The van der Waals surface area contributed by atoms with Crippen LogP contribution in [-0.2, 0) is 17.9 Å². The summed E-state index contributed by atoms with van der Waals surface area (Å²) >= 11 is 0. The minimum atomic E-state index is -0.467. The number of amides is 1. The lowest BCUT2D eigenvalue weighted by Crippen LogP contribution is -2.43. The molecule has 30 heavy (non-hydrogen) atoms. The molecule has 7 heteroatoms. The average molecular weight is 411 g/mol. The molecule has 1 heterocycles. The van der Waals surface area contributed by atoms with Crippen LogP contribution in [0.15, 0.2) is 53.6 Å². The van der Waals surface area contributed by atoms with E-state index in [1.54, 1.807) is 17.0 Å². The quantitative estimate of drug-likeness (QED) is 0.637. The lowest BCUT2D eigenvalue weighted by Gasteiger charge is -2.34. The first-order valence-electron chi connectivity index (χ1n) is 10.2. The monoisotopic (exact) mass is 411 g/mol. The molecule has 0 spiro atoms. The molecule has 0 atom stereocenters. The molecule has 3 aromatic rings. The molecule has 1 saturated carbocycles. The van der Waals surface area contributed by atoms with Gasteiger partial charge in [-0.25, -0.2) is 13.8 Å². The number of aromatic nitrogens is 2. The SMILES string of the molecule is O=C(Cn1cnc2cc(F)ccc2c1=O)N(Cc1ccc(F)cc1)C1CCCCC1. The van der Waals surface area contributed by atoms with E-state index < -0.39 is 5.82 Å². The highest BCUT2D eigenvalue weighted by molar-refractivity contribution is 5.79. The Morgan fingerprint density at radius 3 is 2.47 bits per heavy atom. The Morgan fingerprint density at radius 1 is 1.03 bits per heavy atom. The summed E-state index contributed by atoms with van der Waals surface area (Å²) in [6.45, 7) is 0.224. The topological polar surface area (TPSA) is 55.2 Å². The van der Waals surface area contributed by atoms with Crippen LogP contribution < -0.4 is 5.56 Å². The first kappa shape index (κ1) is 20.2. The van der Waals surface area contributed by atoms with E-state index in [1.165, 1.54) is 41.2 Å². The van der Waals surface area contributed by atoms with Crippen molar-refractivity contribution in [3.05, 3.63) is 76.3 Å². The first-order chi connectivity index (χ1) is 14.5. The number of rotatable bonds is 5. The van der Waals surface area contributed by atoms with Crippen LogP contribution in [0.4, 0.5) is 8.78 Å². The fourth-order valence-electron chi connectivity index (χ4n) is 4.08. The van der Waals surface area contributed by atoms with Gasteiger partial charge >= 0.3 is 0 Å². The minimum Gasteiger partial charge on any atom is -0.334 e. The third-order valence-electron chi connectivity index (χ3n) is 5.69. The van der Waals surface area contributed by atoms with E-state index in [0.717, 1.165) is 37.7 Å². The summed E-state index contributed by atoms with van der Waals surface area (Å²) in [6.07, 6.45) is 6.38. The van der Waals surface area contributed by atoms with Gasteiger partial charge in [-0.3, -0.25) is 14.2 Å². The van der Waals surface area contributed by atoms with Crippen molar-refractivity contribution in [1.82, 2.24) is 14.5 Å². The summed E-state index contributed by atoms with van der Waals surface area (Å²) in [4.78, 5) is 31.9. The second-order valence-corrected chi connectivity index (χ2v) is 7.78. The van der Waals surface area contributed by atoms with Gasteiger partial charge in [-0.05, 0) is 42.7 Å². The zero-order chi connectivity index (χ0) is 21.1. The van der Waals surface area contributed by atoms with Gasteiger partial charge in [-0.2, -0.15) is 0 Å². The Bertz CT molecular complexity index is 1110. The van der Waals surface area contributed by atoms with E-state index in [4.69, 9.17) is 0 Å². The van der Waals surface area contributed by atoms with Crippen LogP contribution in [0.5, 0.6) is 0 Å². The molecule has 5 nitrogen and oxygen atoms in total. The first-order valence-corrected chi connectivity index (χ1v) is 10.2. The third-order valence-corrected chi connectivity index (χ3v) is 5.69. The Morgan fingerprint density at radius 2 is 1.73 bits per heavy atom. The van der Waals surface area contributed by atoms with Gasteiger partial charge < -0.3 is 4.90 Å². The van der Waals surface area contributed by atoms with Crippen molar-refractivity contribution in [3.8, 4) is 0 Å².